The summed E-state index contributed by atoms with van der Waals surface area (Å²) in [4.78, 5) is 11.8. The van der Waals surface area contributed by atoms with Gasteiger partial charge in [-0.3, -0.25) is 5.32 Å². The van der Waals surface area contributed by atoms with Gasteiger partial charge in [0.15, 0.2) is 11.6 Å². The van der Waals surface area contributed by atoms with Crippen LogP contribution in [0, 0.1) is 17.5 Å². The van der Waals surface area contributed by atoms with Gasteiger partial charge in [-0.15, -0.1) is 0 Å². The summed E-state index contributed by atoms with van der Waals surface area (Å²) in [5.74, 6) is -4.14. The molecule has 1 unspecified atom stereocenters. The molecule has 1 aliphatic carbocycles. The van der Waals surface area contributed by atoms with Crippen molar-refractivity contribution in [2.24, 2.45) is 0 Å². The van der Waals surface area contributed by atoms with E-state index in [1.165, 1.54) is 0 Å². The number of benzene rings is 1. The molecular weight excluding hydrogens is 259 g/mol. The average Bonchev–Trinajstić information content (AvgIpc) is 3.15. The zero-order chi connectivity index (χ0) is 14.0. The Morgan fingerprint density at radius 3 is 2.53 bits per heavy atom. The van der Waals surface area contributed by atoms with Crippen LogP contribution in [0.1, 0.15) is 31.4 Å². The molecule has 0 spiro atoms. The second-order valence-corrected chi connectivity index (χ2v) is 4.41. The van der Waals surface area contributed by atoms with Gasteiger partial charge in [-0.25, -0.2) is 18.0 Å². The van der Waals surface area contributed by atoms with Crippen molar-refractivity contribution >= 4 is 5.97 Å². The molecule has 104 valence electrons. The number of hydrogen-bond donors (Lipinski definition) is 1. The van der Waals surface area contributed by atoms with Gasteiger partial charge < -0.3 is 4.74 Å². The molecule has 0 heterocycles. The normalized spacial score (nSPS) is 16.2. The molecule has 1 aliphatic rings. The van der Waals surface area contributed by atoms with Crippen molar-refractivity contribution in [2.45, 2.75) is 31.8 Å². The van der Waals surface area contributed by atoms with Crippen LogP contribution < -0.4 is 5.32 Å². The van der Waals surface area contributed by atoms with Gasteiger partial charge in [0.1, 0.15) is 11.9 Å². The lowest BCUT2D eigenvalue weighted by Crippen LogP contribution is -2.32. The Labute approximate surface area is 108 Å². The van der Waals surface area contributed by atoms with E-state index in [4.69, 9.17) is 4.74 Å². The van der Waals surface area contributed by atoms with Crippen LogP contribution in [0.3, 0.4) is 0 Å². The van der Waals surface area contributed by atoms with Gasteiger partial charge in [0.05, 0.1) is 6.61 Å². The maximum atomic E-state index is 13.7. The first kappa shape index (κ1) is 13.9. The summed E-state index contributed by atoms with van der Waals surface area (Å²) < 4.78 is 44.6. The van der Waals surface area contributed by atoms with E-state index in [2.05, 4.69) is 5.32 Å². The lowest BCUT2D eigenvalue weighted by Gasteiger charge is -2.18. The number of ether oxygens (including phenoxy) is 1. The number of esters is 1. The van der Waals surface area contributed by atoms with E-state index in [0.717, 1.165) is 12.8 Å². The van der Waals surface area contributed by atoms with Gasteiger partial charge in [0, 0.05) is 17.7 Å². The molecule has 0 aliphatic heterocycles. The summed E-state index contributed by atoms with van der Waals surface area (Å²) in [7, 11) is 0. The lowest BCUT2D eigenvalue weighted by molar-refractivity contribution is -0.146. The summed E-state index contributed by atoms with van der Waals surface area (Å²) in [5, 5.41) is 2.88. The third-order valence-corrected chi connectivity index (χ3v) is 2.85. The molecule has 1 atom stereocenters. The zero-order valence-corrected chi connectivity index (χ0v) is 10.4. The van der Waals surface area contributed by atoms with Crippen molar-refractivity contribution in [3.05, 3.63) is 35.1 Å². The number of rotatable bonds is 5. The van der Waals surface area contributed by atoms with Crippen LogP contribution in [0.15, 0.2) is 12.1 Å². The molecule has 6 heteroatoms. The fraction of sp³-hybridized carbons (Fsp3) is 0.462. The summed E-state index contributed by atoms with van der Waals surface area (Å²) >= 11 is 0. The second kappa shape index (κ2) is 5.61. The molecule has 0 aromatic heterocycles. The Bertz CT molecular complexity index is 489. The molecule has 1 fully saturated rings. The van der Waals surface area contributed by atoms with Crippen molar-refractivity contribution in [2.75, 3.05) is 6.61 Å². The van der Waals surface area contributed by atoms with Crippen LogP contribution in [0.25, 0.3) is 0 Å². The minimum Gasteiger partial charge on any atom is -0.465 e. The van der Waals surface area contributed by atoms with E-state index in [1.807, 2.05) is 0 Å². The smallest absolute Gasteiger partial charge is 0.327 e. The standard InChI is InChI=1S/C13H14F3NO2/c1-2-19-13(18)12(17-7-3-4-7)8-5-10(15)11(16)6-9(8)14/h5-7,12,17H,2-4H2,1H3. The van der Waals surface area contributed by atoms with Crippen LogP contribution >= 0.6 is 0 Å². The topological polar surface area (TPSA) is 38.3 Å². The molecule has 1 saturated carbocycles. The highest BCUT2D eigenvalue weighted by atomic mass is 19.2. The monoisotopic (exact) mass is 273 g/mol. The molecule has 0 bridgehead atoms. The Morgan fingerprint density at radius 2 is 1.95 bits per heavy atom. The minimum absolute atomic E-state index is 0.0851. The molecule has 2 rings (SSSR count). The fourth-order valence-electron chi connectivity index (χ4n) is 1.76. The first-order valence-electron chi connectivity index (χ1n) is 6.10. The third kappa shape index (κ3) is 3.26. The van der Waals surface area contributed by atoms with Gasteiger partial charge in [-0.2, -0.15) is 0 Å². The van der Waals surface area contributed by atoms with E-state index in [0.29, 0.717) is 12.1 Å². The number of carbonyl (C=O) groups is 1. The molecule has 0 saturated heterocycles. The van der Waals surface area contributed by atoms with Crippen LogP contribution in [-0.4, -0.2) is 18.6 Å². The number of hydrogen-bond acceptors (Lipinski definition) is 3. The lowest BCUT2D eigenvalue weighted by atomic mass is 10.1. The highest BCUT2D eigenvalue weighted by Gasteiger charge is 2.32. The van der Waals surface area contributed by atoms with Crippen molar-refractivity contribution in [3.8, 4) is 0 Å². The zero-order valence-electron chi connectivity index (χ0n) is 10.4. The third-order valence-electron chi connectivity index (χ3n) is 2.85. The van der Waals surface area contributed by atoms with E-state index in [1.54, 1.807) is 6.92 Å². The number of halogens is 3. The molecule has 1 aromatic carbocycles. The Kier molecular flexibility index (Phi) is 4.09. The van der Waals surface area contributed by atoms with Gasteiger partial charge in [0.25, 0.3) is 0 Å². The van der Waals surface area contributed by atoms with E-state index >= 15 is 0 Å². The van der Waals surface area contributed by atoms with Gasteiger partial charge in [0.2, 0.25) is 0 Å². The van der Waals surface area contributed by atoms with Crippen molar-refractivity contribution in [1.29, 1.82) is 0 Å². The molecule has 19 heavy (non-hydrogen) atoms. The quantitative estimate of drug-likeness (QED) is 0.661. The summed E-state index contributed by atoms with van der Waals surface area (Å²) in [6.45, 7) is 1.75. The molecule has 1 N–H and O–H groups in total. The summed E-state index contributed by atoms with van der Waals surface area (Å²) in [6.07, 6.45) is 1.72. The molecule has 3 nitrogen and oxygen atoms in total. The summed E-state index contributed by atoms with van der Waals surface area (Å²) in [5.41, 5.74) is -0.232. The van der Waals surface area contributed by atoms with Crippen LogP contribution in [0.5, 0.6) is 0 Å². The average molecular weight is 273 g/mol. The van der Waals surface area contributed by atoms with E-state index in [-0.39, 0.29) is 18.2 Å². The first-order chi connectivity index (χ1) is 9.02. The molecule has 0 amide bonds. The maximum absolute atomic E-state index is 13.7. The van der Waals surface area contributed by atoms with Crippen molar-refractivity contribution in [1.82, 2.24) is 5.32 Å². The molecule has 1 aromatic rings. The van der Waals surface area contributed by atoms with E-state index in [9.17, 15) is 18.0 Å². The van der Waals surface area contributed by atoms with Crippen LogP contribution in [-0.2, 0) is 9.53 Å². The summed E-state index contributed by atoms with van der Waals surface area (Å²) in [6, 6.07) is 0.108. The minimum atomic E-state index is -1.28. The SMILES string of the molecule is CCOC(=O)C(NC1CC1)c1cc(F)c(F)cc1F. The fourth-order valence-corrected chi connectivity index (χ4v) is 1.76. The predicted molar refractivity (Wildman–Crippen MR) is 61.8 cm³/mol. The highest BCUT2D eigenvalue weighted by Crippen LogP contribution is 2.27. The number of carbonyl (C=O) groups excluding carboxylic acids is 1. The predicted octanol–water partition coefficient (Wildman–Crippen LogP) is 2.46. The Hall–Kier alpha value is -1.56. The molecular formula is C13H14F3NO2. The highest BCUT2D eigenvalue weighted by molar-refractivity contribution is 5.77. The van der Waals surface area contributed by atoms with Crippen molar-refractivity contribution in [3.63, 3.8) is 0 Å². The van der Waals surface area contributed by atoms with Gasteiger partial charge in [-0.05, 0) is 25.8 Å². The van der Waals surface area contributed by atoms with Crippen LogP contribution in [0.2, 0.25) is 0 Å². The Balaban J connectivity index is 2.30. The number of nitrogens with one attached hydrogen (secondary N) is 1. The van der Waals surface area contributed by atoms with E-state index < -0.39 is 29.5 Å². The molecule has 0 radical (unpaired) electrons. The maximum Gasteiger partial charge on any atom is 0.327 e. The van der Waals surface area contributed by atoms with Gasteiger partial charge in [-0.1, -0.05) is 0 Å². The van der Waals surface area contributed by atoms with Crippen LogP contribution in [0.4, 0.5) is 13.2 Å². The van der Waals surface area contributed by atoms with Gasteiger partial charge >= 0.3 is 5.97 Å². The Morgan fingerprint density at radius 1 is 1.32 bits per heavy atom. The first-order valence-corrected chi connectivity index (χ1v) is 6.10. The van der Waals surface area contributed by atoms with Crippen molar-refractivity contribution < 1.29 is 22.7 Å². The largest absolute Gasteiger partial charge is 0.465 e. The second-order valence-electron chi connectivity index (χ2n) is 4.41.